The third-order valence-electron chi connectivity index (χ3n) is 2.28. The van der Waals surface area contributed by atoms with E-state index < -0.39 is 0 Å². The first kappa shape index (κ1) is 9.05. The fraction of sp³-hybridized carbons (Fsp3) is 0.778. The van der Waals surface area contributed by atoms with Crippen LogP contribution in [0.4, 0.5) is 0 Å². The third kappa shape index (κ3) is 2.91. The standard InChI is InChI=1S/C9H14N2O/c10-6-2-5-9(12)11-7-8-3-1-4-8/h8H,1-5,7H2,(H,11,12). The molecule has 0 atom stereocenters. The molecule has 0 heterocycles. The Kier molecular flexibility index (Phi) is 3.59. The van der Waals surface area contributed by atoms with E-state index in [4.69, 9.17) is 5.26 Å². The third-order valence-corrected chi connectivity index (χ3v) is 2.28. The molecule has 66 valence electrons. The molecule has 0 spiro atoms. The molecule has 0 aromatic rings. The summed E-state index contributed by atoms with van der Waals surface area (Å²) in [6, 6.07) is 1.95. The molecule has 0 aliphatic heterocycles. The molecule has 3 nitrogen and oxygen atoms in total. The minimum Gasteiger partial charge on any atom is -0.356 e. The van der Waals surface area contributed by atoms with E-state index in [0.29, 0.717) is 18.8 Å². The summed E-state index contributed by atoms with van der Waals surface area (Å²) >= 11 is 0. The monoisotopic (exact) mass is 166 g/mol. The molecular formula is C9H14N2O. The smallest absolute Gasteiger partial charge is 0.221 e. The van der Waals surface area contributed by atoms with Crippen LogP contribution in [0.5, 0.6) is 0 Å². The Morgan fingerprint density at radius 3 is 2.83 bits per heavy atom. The molecule has 1 rings (SSSR count). The second-order valence-corrected chi connectivity index (χ2v) is 3.26. The molecule has 0 unspecified atom stereocenters. The zero-order valence-electron chi connectivity index (χ0n) is 7.18. The fourth-order valence-electron chi connectivity index (χ4n) is 1.21. The Morgan fingerprint density at radius 1 is 1.58 bits per heavy atom. The molecular weight excluding hydrogens is 152 g/mol. The number of rotatable bonds is 4. The Morgan fingerprint density at radius 2 is 2.33 bits per heavy atom. The van der Waals surface area contributed by atoms with Crippen LogP contribution in [-0.2, 0) is 4.79 Å². The second-order valence-electron chi connectivity index (χ2n) is 3.26. The van der Waals surface area contributed by atoms with E-state index in [1.807, 2.05) is 6.07 Å². The number of nitrogens with one attached hydrogen (secondary N) is 1. The molecule has 0 aromatic carbocycles. The lowest BCUT2D eigenvalue weighted by atomic mass is 9.85. The lowest BCUT2D eigenvalue weighted by Gasteiger charge is -2.25. The number of amides is 1. The van der Waals surface area contributed by atoms with Crippen LogP contribution in [-0.4, -0.2) is 12.5 Å². The lowest BCUT2D eigenvalue weighted by molar-refractivity contribution is -0.121. The van der Waals surface area contributed by atoms with Crippen molar-refractivity contribution in [3.63, 3.8) is 0 Å². The Bertz CT molecular complexity index is 191. The van der Waals surface area contributed by atoms with Crippen LogP contribution < -0.4 is 5.32 Å². The van der Waals surface area contributed by atoms with Crippen LogP contribution in [0, 0.1) is 17.2 Å². The van der Waals surface area contributed by atoms with Crippen molar-refractivity contribution in [3.8, 4) is 6.07 Å². The Balaban J connectivity index is 1.98. The highest BCUT2D eigenvalue weighted by Gasteiger charge is 2.17. The van der Waals surface area contributed by atoms with Gasteiger partial charge in [-0.15, -0.1) is 0 Å². The van der Waals surface area contributed by atoms with E-state index in [0.717, 1.165) is 6.54 Å². The molecule has 0 aromatic heterocycles. The molecule has 0 saturated heterocycles. The van der Waals surface area contributed by atoms with E-state index in [1.165, 1.54) is 19.3 Å². The van der Waals surface area contributed by atoms with Crippen molar-refractivity contribution in [3.05, 3.63) is 0 Å². The zero-order valence-corrected chi connectivity index (χ0v) is 7.18. The molecule has 1 aliphatic carbocycles. The van der Waals surface area contributed by atoms with Crippen LogP contribution in [0.1, 0.15) is 32.1 Å². The summed E-state index contributed by atoms with van der Waals surface area (Å²) in [7, 11) is 0. The SMILES string of the molecule is N#CCCC(=O)NCC1CCC1. The molecule has 1 N–H and O–H groups in total. The number of hydrogen-bond donors (Lipinski definition) is 1. The van der Waals surface area contributed by atoms with Crippen LogP contribution in [0.3, 0.4) is 0 Å². The maximum atomic E-state index is 11.0. The summed E-state index contributed by atoms with van der Waals surface area (Å²) in [4.78, 5) is 11.0. The second kappa shape index (κ2) is 4.76. The van der Waals surface area contributed by atoms with Gasteiger partial charge in [-0.1, -0.05) is 6.42 Å². The first-order chi connectivity index (χ1) is 5.83. The van der Waals surface area contributed by atoms with Gasteiger partial charge in [-0.3, -0.25) is 4.79 Å². The van der Waals surface area contributed by atoms with Crippen LogP contribution in [0.25, 0.3) is 0 Å². The summed E-state index contributed by atoms with van der Waals surface area (Å²) in [5, 5.41) is 11.0. The minimum absolute atomic E-state index is 0.0171. The fourth-order valence-corrected chi connectivity index (χ4v) is 1.21. The first-order valence-corrected chi connectivity index (χ1v) is 4.46. The van der Waals surface area contributed by atoms with Gasteiger partial charge in [0.15, 0.2) is 0 Å². The molecule has 0 bridgehead atoms. The van der Waals surface area contributed by atoms with Gasteiger partial charge >= 0.3 is 0 Å². The maximum absolute atomic E-state index is 11.0. The Labute approximate surface area is 72.8 Å². The van der Waals surface area contributed by atoms with E-state index in [9.17, 15) is 4.79 Å². The first-order valence-electron chi connectivity index (χ1n) is 4.46. The van der Waals surface area contributed by atoms with Gasteiger partial charge < -0.3 is 5.32 Å². The lowest BCUT2D eigenvalue weighted by Crippen LogP contribution is -2.31. The average molecular weight is 166 g/mol. The van der Waals surface area contributed by atoms with Crippen molar-refractivity contribution in [1.29, 1.82) is 5.26 Å². The molecule has 1 fully saturated rings. The molecule has 1 aliphatic rings. The highest BCUT2D eigenvalue weighted by atomic mass is 16.1. The summed E-state index contributed by atoms with van der Waals surface area (Å²) < 4.78 is 0. The Hall–Kier alpha value is -1.04. The predicted molar refractivity (Wildman–Crippen MR) is 45.2 cm³/mol. The predicted octanol–water partition coefficient (Wildman–Crippen LogP) is 1.21. The number of carbonyl (C=O) groups excluding carboxylic acids is 1. The minimum atomic E-state index is 0.0171. The van der Waals surface area contributed by atoms with Gasteiger partial charge in [0.1, 0.15) is 0 Å². The van der Waals surface area contributed by atoms with E-state index in [1.54, 1.807) is 0 Å². The number of hydrogen-bond acceptors (Lipinski definition) is 2. The van der Waals surface area contributed by atoms with E-state index in [2.05, 4.69) is 5.32 Å². The largest absolute Gasteiger partial charge is 0.356 e. The van der Waals surface area contributed by atoms with Crippen molar-refractivity contribution in [2.45, 2.75) is 32.1 Å². The van der Waals surface area contributed by atoms with Crippen molar-refractivity contribution < 1.29 is 4.79 Å². The summed E-state index contributed by atoms with van der Waals surface area (Å²) in [6.07, 6.45) is 4.48. The average Bonchev–Trinajstić information content (AvgIpc) is 1.98. The van der Waals surface area contributed by atoms with Crippen molar-refractivity contribution in [2.75, 3.05) is 6.54 Å². The summed E-state index contributed by atoms with van der Waals surface area (Å²) in [6.45, 7) is 0.810. The highest BCUT2D eigenvalue weighted by Crippen LogP contribution is 2.25. The normalized spacial score (nSPS) is 16.2. The number of nitrogens with zero attached hydrogens (tertiary/aromatic N) is 1. The van der Waals surface area contributed by atoms with Crippen molar-refractivity contribution in [2.24, 2.45) is 5.92 Å². The van der Waals surface area contributed by atoms with Gasteiger partial charge in [-0.05, 0) is 18.8 Å². The molecule has 3 heteroatoms. The van der Waals surface area contributed by atoms with Gasteiger partial charge in [0.25, 0.3) is 0 Å². The van der Waals surface area contributed by atoms with Crippen molar-refractivity contribution in [1.82, 2.24) is 5.32 Å². The van der Waals surface area contributed by atoms with Crippen LogP contribution in [0.15, 0.2) is 0 Å². The summed E-state index contributed by atoms with van der Waals surface area (Å²) in [5.41, 5.74) is 0. The van der Waals surface area contributed by atoms with E-state index >= 15 is 0 Å². The number of carbonyl (C=O) groups is 1. The quantitative estimate of drug-likeness (QED) is 0.682. The molecule has 1 amide bonds. The van der Waals surface area contributed by atoms with Gasteiger partial charge in [-0.25, -0.2) is 0 Å². The van der Waals surface area contributed by atoms with Gasteiger partial charge in [0.05, 0.1) is 6.07 Å². The molecule has 0 radical (unpaired) electrons. The summed E-state index contributed by atoms with van der Waals surface area (Å²) in [5.74, 6) is 0.722. The maximum Gasteiger partial charge on any atom is 0.221 e. The molecule has 1 saturated carbocycles. The van der Waals surface area contributed by atoms with Crippen molar-refractivity contribution >= 4 is 5.91 Å². The van der Waals surface area contributed by atoms with Crippen LogP contribution >= 0.6 is 0 Å². The van der Waals surface area contributed by atoms with Gasteiger partial charge in [-0.2, -0.15) is 5.26 Å². The van der Waals surface area contributed by atoms with E-state index in [-0.39, 0.29) is 5.91 Å². The van der Waals surface area contributed by atoms with Crippen LogP contribution in [0.2, 0.25) is 0 Å². The highest BCUT2D eigenvalue weighted by molar-refractivity contribution is 5.76. The van der Waals surface area contributed by atoms with Gasteiger partial charge in [0, 0.05) is 19.4 Å². The zero-order chi connectivity index (χ0) is 8.81. The van der Waals surface area contributed by atoms with Gasteiger partial charge in [0.2, 0.25) is 5.91 Å². The topological polar surface area (TPSA) is 52.9 Å². The number of nitriles is 1. The molecule has 12 heavy (non-hydrogen) atoms.